The maximum Gasteiger partial charge on any atom is 0.173 e. The van der Waals surface area contributed by atoms with Gasteiger partial charge in [-0.1, -0.05) is 0 Å². The molecule has 2 heterocycles. The van der Waals surface area contributed by atoms with Gasteiger partial charge in [0.1, 0.15) is 11.6 Å². The van der Waals surface area contributed by atoms with Crippen molar-refractivity contribution < 1.29 is 0 Å². The summed E-state index contributed by atoms with van der Waals surface area (Å²) in [5.41, 5.74) is 11.8. The van der Waals surface area contributed by atoms with Gasteiger partial charge in [-0.2, -0.15) is 9.61 Å². The second-order valence-corrected chi connectivity index (χ2v) is 3.19. The van der Waals surface area contributed by atoms with Gasteiger partial charge in [-0.25, -0.2) is 4.98 Å². The lowest BCUT2D eigenvalue weighted by atomic mass is 10.5. The number of hydrogen-bond acceptors (Lipinski definition) is 4. The lowest BCUT2D eigenvalue weighted by molar-refractivity contribution is 0.954. The molecule has 0 aliphatic carbocycles. The van der Waals surface area contributed by atoms with E-state index >= 15 is 0 Å². The van der Waals surface area contributed by atoms with Gasteiger partial charge >= 0.3 is 0 Å². The van der Waals surface area contributed by atoms with Crippen LogP contribution in [-0.4, -0.2) is 14.6 Å². The molecule has 0 bridgehead atoms. The number of hydrogen-bond donors (Lipinski definition) is 2. The minimum Gasteiger partial charge on any atom is -0.384 e. The highest BCUT2D eigenvalue weighted by atomic mass is 79.9. The highest BCUT2D eigenvalue weighted by Crippen LogP contribution is 2.18. The van der Waals surface area contributed by atoms with Crippen molar-refractivity contribution >= 4 is 33.2 Å². The maximum absolute atomic E-state index is 5.63. The monoisotopic (exact) mass is 227 g/mol. The summed E-state index contributed by atoms with van der Waals surface area (Å²) in [4.78, 5) is 4.05. The van der Waals surface area contributed by atoms with Gasteiger partial charge in [-0.15, -0.1) is 0 Å². The molecule has 2 aromatic heterocycles. The van der Waals surface area contributed by atoms with Gasteiger partial charge in [0.25, 0.3) is 0 Å². The summed E-state index contributed by atoms with van der Waals surface area (Å²) in [6.07, 6.45) is 1.62. The largest absolute Gasteiger partial charge is 0.384 e. The fourth-order valence-electron chi connectivity index (χ4n) is 0.979. The molecular weight excluding hydrogens is 222 g/mol. The normalized spacial score (nSPS) is 10.8. The number of anilines is 2. The lowest BCUT2D eigenvalue weighted by Crippen LogP contribution is -2.02. The van der Waals surface area contributed by atoms with Crippen molar-refractivity contribution in [3.05, 3.63) is 16.7 Å². The number of fused-ring (bicyclic) bond motifs is 1. The number of nitrogens with zero attached hydrogens (tertiary/aromatic N) is 3. The van der Waals surface area contributed by atoms with Crippen LogP contribution >= 0.6 is 15.9 Å². The second-order valence-electron chi connectivity index (χ2n) is 2.33. The van der Waals surface area contributed by atoms with Crippen LogP contribution in [0.2, 0.25) is 0 Å². The van der Waals surface area contributed by atoms with E-state index in [-0.39, 0.29) is 0 Å². The van der Waals surface area contributed by atoms with Crippen LogP contribution in [0.3, 0.4) is 0 Å². The maximum atomic E-state index is 5.63. The minimum atomic E-state index is 0.390. The topological polar surface area (TPSA) is 82.2 Å². The first kappa shape index (κ1) is 7.35. The van der Waals surface area contributed by atoms with E-state index in [1.54, 1.807) is 12.3 Å². The zero-order valence-corrected chi connectivity index (χ0v) is 7.62. The molecule has 0 amide bonds. The molecule has 0 aliphatic heterocycles. The Bertz CT molecular complexity index is 435. The lowest BCUT2D eigenvalue weighted by Gasteiger charge is -1.99. The third-order valence-electron chi connectivity index (χ3n) is 1.48. The Balaban J connectivity index is 2.92. The zero-order chi connectivity index (χ0) is 8.72. The summed E-state index contributed by atoms with van der Waals surface area (Å²) in [6.45, 7) is 0. The summed E-state index contributed by atoms with van der Waals surface area (Å²) < 4.78 is 2.29. The van der Waals surface area contributed by atoms with Gasteiger partial charge < -0.3 is 11.5 Å². The van der Waals surface area contributed by atoms with Gasteiger partial charge in [-0.3, -0.25) is 0 Å². The van der Waals surface area contributed by atoms with Gasteiger partial charge in [0.2, 0.25) is 0 Å². The van der Waals surface area contributed by atoms with E-state index in [1.165, 1.54) is 4.52 Å². The Morgan fingerprint density at radius 2 is 2.17 bits per heavy atom. The molecular formula is C6H6BrN5. The molecule has 6 heteroatoms. The molecule has 0 aliphatic rings. The van der Waals surface area contributed by atoms with E-state index < -0.39 is 0 Å². The van der Waals surface area contributed by atoms with Crippen molar-refractivity contribution in [1.82, 2.24) is 14.6 Å². The van der Waals surface area contributed by atoms with Gasteiger partial charge in [0.15, 0.2) is 5.65 Å². The fourth-order valence-corrected chi connectivity index (χ4v) is 1.33. The Morgan fingerprint density at radius 1 is 1.42 bits per heavy atom. The van der Waals surface area contributed by atoms with E-state index in [0.29, 0.717) is 17.3 Å². The quantitative estimate of drug-likeness (QED) is 0.693. The molecule has 0 saturated heterocycles. The van der Waals surface area contributed by atoms with E-state index in [0.717, 1.165) is 4.47 Å². The van der Waals surface area contributed by atoms with E-state index in [2.05, 4.69) is 26.0 Å². The molecule has 0 radical (unpaired) electrons. The Hall–Kier alpha value is -1.30. The molecule has 0 atom stereocenters. The van der Waals surface area contributed by atoms with Crippen molar-refractivity contribution in [3.8, 4) is 0 Å². The predicted molar refractivity (Wildman–Crippen MR) is 49.5 cm³/mol. The predicted octanol–water partition coefficient (Wildman–Crippen LogP) is 0.656. The SMILES string of the molecule is Nc1cc(N)n2ncc(Br)c2n1. The first-order valence-electron chi connectivity index (χ1n) is 3.23. The van der Waals surface area contributed by atoms with E-state index in [1.807, 2.05) is 0 Å². The third-order valence-corrected chi connectivity index (χ3v) is 2.04. The highest BCUT2D eigenvalue weighted by Gasteiger charge is 2.05. The first-order valence-corrected chi connectivity index (χ1v) is 4.03. The molecule has 0 fully saturated rings. The van der Waals surface area contributed by atoms with Crippen molar-refractivity contribution in [2.75, 3.05) is 11.5 Å². The van der Waals surface area contributed by atoms with Crippen LogP contribution in [0.4, 0.5) is 11.6 Å². The van der Waals surface area contributed by atoms with Crippen LogP contribution < -0.4 is 11.5 Å². The molecule has 0 unspecified atom stereocenters. The number of halogens is 1. The van der Waals surface area contributed by atoms with Crippen LogP contribution in [0.5, 0.6) is 0 Å². The van der Waals surface area contributed by atoms with Crippen LogP contribution in [0, 0.1) is 0 Å². The molecule has 5 nitrogen and oxygen atoms in total. The van der Waals surface area contributed by atoms with Crippen LogP contribution in [0.25, 0.3) is 5.65 Å². The second kappa shape index (κ2) is 2.34. The molecule has 2 rings (SSSR count). The fraction of sp³-hybridized carbons (Fsp3) is 0. The molecule has 2 aromatic rings. The van der Waals surface area contributed by atoms with Crippen LogP contribution in [0.1, 0.15) is 0 Å². The molecule has 12 heavy (non-hydrogen) atoms. The number of rotatable bonds is 0. The standard InChI is InChI=1S/C6H6BrN5/c7-3-2-10-12-5(9)1-4(8)11-6(3)12/h1-2H,9H2,(H2,8,11). The average Bonchev–Trinajstić information content (AvgIpc) is 2.33. The summed E-state index contributed by atoms with van der Waals surface area (Å²) in [6, 6.07) is 1.56. The Labute approximate surface area is 76.5 Å². The van der Waals surface area contributed by atoms with Gasteiger partial charge in [0.05, 0.1) is 10.7 Å². The summed E-state index contributed by atoms with van der Waals surface area (Å²) in [5, 5.41) is 3.99. The first-order chi connectivity index (χ1) is 5.68. The number of aromatic nitrogens is 3. The van der Waals surface area contributed by atoms with Gasteiger partial charge in [-0.05, 0) is 15.9 Å². The average molecular weight is 228 g/mol. The van der Waals surface area contributed by atoms with Crippen molar-refractivity contribution in [1.29, 1.82) is 0 Å². The Morgan fingerprint density at radius 3 is 2.92 bits per heavy atom. The third kappa shape index (κ3) is 0.918. The molecule has 0 spiro atoms. The van der Waals surface area contributed by atoms with Crippen molar-refractivity contribution in [2.45, 2.75) is 0 Å². The summed E-state index contributed by atoms with van der Waals surface area (Å²) >= 11 is 3.28. The van der Waals surface area contributed by atoms with Crippen LogP contribution in [0.15, 0.2) is 16.7 Å². The smallest absolute Gasteiger partial charge is 0.173 e. The molecule has 62 valence electrons. The van der Waals surface area contributed by atoms with Crippen molar-refractivity contribution in [2.24, 2.45) is 0 Å². The summed E-state index contributed by atoms with van der Waals surface area (Å²) in [5.74, 6) is 0.865. The highest BCUT2D eigenvalue weighted by molar-refractivity contribution is 9.10. The molecule has 0 saturated carbocycles. The van der Waals surface area contributed by atoms with E-state index in [4.69, 9.17) is 11.5 Å². The van der Waals surface area contributed by atoms with Crippen molar-refractivity contribution in [3.63, 3.8) is 0 Å². The molecule has 4 N–H and O–H groups in total. The van der Waals surface area contributed by atoms with Crippen LogP contribution in [-0.2, 0) is 0 Å². The summed E-state index contributed by atoms with van der Waals surface area (Å²) in [7, 11) is 0. The Kier molecular flexibility index (Phi) is 1.44. The van der Waals surface area contributed by atoms with Gasteiger partial charge in [0, 0.05) is 6.07 Å². The minimum absolute atomic E-state index is 0.390. The van der Waals surface area contributed by atoms with E-state index in [9.17, 15) is 0 Å². The number of nitrogens with two attached hydrogens (primary N) is 2. The zero-order valence-electron chi connectivity index (χ0n) is 6.03. The molecule has 0 aromatic carbocycles. The number of nitrogen functional groups attached to an aromatic ring is 2.